The Balaban J connectivity index is 2.25. The van der Waals surface area contributed by atoms with Crippen molar-refractivity contribution in [2.75, 3.05) is 0 Å². The van der Waals surface area contributed by atoms with Gasteiger partial charge < -0.3 is 5.11 Å². The van der Waals surface area contributed by atoms with Gasteiger partial charge in [0.05, 0.1) is 0 Å². The SMILES string of the molecule is O=C1C(O)=CCC12CC=CCC2. The van der Waals surface area contributed by atoms with Gasteiger partial charge in [0, 0.05) is 5.41 Å². The first-order chi connectivity index (χ1) is 5.75. The first-order valence-corrected chi connectivity index (χ1v) is 4.34. The fourth-order valence-corrected chi connectivity index (χ4v) is 2.03. The molecule has 2 aliphatic rings. The molecule has 0 amide bonds. The molecule has 0 fully saturated rings. The van der Waals surface area contributed by atoms with Crippen molar-refractivity contribution in [3.8, 4) is 0 Å². The highest BCUT2D eigenvalue weighted by molar-refractivity contribution is 6.00. The van der Waals surface area contributed by atoms with Gasteiger partial charge in [0.2, 0.25) is 5.78 Å². The highest BCUT2D eigenvalue weighted by Crippen LogP contribution is 2.42. The minimum absolute atomic E-state index is 0.0229. The Morgan fingerprint density at radius 1 is 1.33 bits per heavy atom. The van der Waals surface area contributed by atoms with E-state index in [9.17, 15) is 9.90 Å². The Morgan fingerprint density at radius 2 is 2.17 bits per heavy atom. The summed E-state index contributed by atoms with van der Waals surface area (Å²) in [5, 5.41) is 9.20. The molecule has 2 aliphatic carbocycles. The van der Waals surface area contributed by atoms with Crippen LogP contribution in [-0.2, 0) is 4.79 Å². The second-order valence-corrected chi connectivity index (χ2v) is 3.62. The number of Topliss-reactive ketones (excluding diaryl/α,β-unsaturated/α-hetero) is 1. The van der Waals surface area contributed by atoms with Crippen LogP contribution in [-0.4, -0.2) is 10.9 Å². The third-order valence-corrected chi connectivity index (χ3v) is 2.87. The molecule has 0 aromatic carbocycles. The second-order valence-electron chi connectivity index (χ2n) is 3.62. The second kappa shape index (κ2) is 2.47. The van der Waals surface area contributed by atoms with E-state index in [1.807, 2.05) is 6.08 Å². The van der Waals surface area contributed by atoms with Crippen LogP contribution in [0.25, 0.3) is 0 Å². The predicted octanol–water partition coefficient (Wildman–Crippen LogP) is 2.13. The third-order valence-electron chi connectivity index (χ3n) is 2.87. The summed E-state index contributed by atoms with van der Waals surface area (Å²) in [6, 6.07) is 0. The van der Waals surface area contributed by atoms with Crippen LogP contribution in [0.2, 0.25) is 0 Å². The Labute approximate surface area is 71.6 Å². The smallest absolute Gasteiger partial charge is 0.203 e. The summed E-state index contributed by atoms with van der Waals surface area (Å²) in [4.78, 5) is 11.5. The number of hydrogen-bond donors (Lipinski definition) is 1. The maximum absolute atomic E-state index is 11.5. The van der Waals surface area contributed by atoms with E-state index in [1.165, 1.54) is 0 Å². The number of allylic oxidation sites excluding steroid dienone is 4. The van der Waals surface area contributed by atoms with E-state index in [0.717, 1.165) is 25.7 Å². The fourth-order valence-electron chi connectivity index (χ4n) is 2.03. The number of aliphatic hydroxyl groups is 1. The summed E-state index contributed by atoms with van der Waals surface area (Å²) in [6.45, 7) is 0. The molecule has 0 aromatic heterocycles. The maximum atomic E-state index is 11.5. The molecule has 12 heavy (non-hydrogen) atoms. The van der Waals surface area contributed by atoms with Gasteiger partial charge in [0.25, 0.3) is 0 Å². The van der Waals surface area contributed by atoms with Crippen LogP contribution in [0.15, 0.2) is 24.0 Å². The molecular weight excluding hydrogens is 152 g/mol. The van der Waals surface area contributed by atoms with Crippen molar-refractivity contribution >= 4 is 5.78 Å². The Kier molecular flexibility index (Phi) is 1.56. The lowest BCUT2D eigenvalue weighted by molar-refractivity contribution is -0.126. The maximum Gasteiger partial charge on any atom is 0.203 e. The number of hydrogen-bond acceptors (Lipinski definition) is 2. The molecular formula is C10H12O2. The Bertz CT molecular complexity index is 276. The van der Waals surface area contributed by atoms with Crippen molar-refractivity contribution in [3.63, 3.8) is 0 Å². The van der Waals surface area contributed by atoms with E-state index >= 15 is 0 Å². The standard InChI is InChI=1S/C10H12O2/c11-8-4-7-10(9(8)12)5-2-1-3-6-10/h1-2,4,11H,3,5-7H2. The number of carbonyl (C=O) groups excluding carboxylic acids is 1. The van der Waals surface area contributed by atoms with E-state index in [4.69, 9.17) is 0 Å². The monoisotopic (exact) mass is 164 g/mol. The minimum Gasteiger partial charge on any atom is -0.505 e. The number of rotatable bonds is 0. The quantitative estimate of drug-likeness (QED) is 0.557. The Morgan fingerprint density at radius 3 is 2.67 bits per heavy atom. The molecule has 2 heteroatoms. The largest absolute Gasteiger partial charge is 0.505 e. The summed E-state index contributed by atoms with van der Waals surface area (Å²) >= 11 is 0. The van der Waals surface area contributed by atoms with Crippen LogP contribution >= 0.6 is 0 Å². The van der Waals surface area contributed by atoms with Crippen molar-refractivity contribution in [1.82, 2.24) is 0 Å². The predicted molar refractivity (Wildman–Crippen MR) is 45.8 cm³/mol. The highest BCUT2D eigenvalue weighted by Gasteiger charge is 2.42. The van der Waals surface area contributed by atoms with Gasteiger partial charge in [-0.25, -0.2) is 0 Å². The molecule has 64 valence electrons. The molecule has 0 radical (unpaired) electrons. The summed E-state index contributed by atoms with van der Waals surface area (Å²) in [7, 11) is 0. The number of carbonyl (C=O) groups is 1. The van der Waals surface area contributed by atoms with Gasteiger partial charge >= 0.3 is 0 Å². The topological polar surface area (TPSA) is 37.3 Å². The summed E-state index contributed by atoms with van der Waals surface area (Å²) in [5.41, 5.74) is -0.265. The van der Waals surface area contributed by atoms with Crippen molar-refractivity contribution in [2.24, 2.45) is 5.41 Å². The molecule has 1 unspecified atom stereocenters. The van der Waals surface area contributed by atoms with Crippen LogP contribution < -0.4 is 0 Å². The van der Waals surface area contributed by atoms with Crippen LogP contribution in [0.1, 0.15) is 25.7 Å². The average molecular weight is 164 g/mol. The minimum atomic E-state index is -0.265. The van der Waals surface area contributed by atoms with Gasteiger partial charge in [0.1, 0.15) is 0 Å². The van der Waals surface area contributed by atoms with Crippen molar-refractivity contribution in [3.05, 3.63) is 24.0 Å². The van der Waals surface area contributed by atoms with Gasteiger partial charge in [-0.1, -0.05) is 12.2 Å². The first-order valence-electron chi connectivity index (χ1n) is 4.34. The lowest BCUT2D eigenvalue weighted by atomic mass is 9.74. The molecule has 0 aliphatic heterocycles. The number of ketones is 1. The zero-order valence-corrected chi connectivity index (χ0v) is 6.92. The molecule has 0 heterocycles. The molecule has 2 rings (SSSR count). The fraction of sp³-hybridized carbons (Fsp3) is 0.500. The van der Waals surface area contributed by atoms with E-state index in [0.29, 0.717) is 0 Å². The zero-order valence-electron chi connectivity index (χ0n) is 6.92. The normalized spacial score (nSPS) is 34.3. The third kappa shape index (κ3) is 0.909. The summed E-state index contributed by atoms with van der Waals surface area (Å²) < 4.78 is 0. The van der Waals surface area contributed by atoms with E-state index < -0.39 is 0 Å². The Hall–Kier alpha value is -1.05. The van der Waals surface area contributed by atoms with E-state index in [1.54, 1.807) is 6.08 Å². The molecule has 0 saturated carbocycles. The van der Waals surface area contributed by atoms with Crippen LogP contribution in [0.3, 0.4) is 0 Å². The van der Waals surface area contributed by atoms with Gasteiger partial charge in [-0.2, -0.15) is 0 Å². The van der Waals surface area contributed by atoms with Gasteiger partial charge in [-0.3, -0.25) is 4.79 Å². The zero-order chi connectivity index (χ0) is 8.60. The van der Waals surface area contributed by atoms with Crippen LogP contribution in [0.4, 0.5) is 0 Å². The first kappa shape index (κ1) is 7.59. The molecule has 1 N–H and O–H groups in total. The number of aliphatic hydroxyl groups excluding tert-OH is 1. The van der Waals surface area contributed by atoms with Gasteiger partial charge in [-0.05, 0) is 31.8 Å². The molecule has 0 saturated heterocycles. The summed E-state index contributed by atoms with van der Waals surface area (Å²) in [5.74, 6) is -0.0721. The lowest BCUT2D eigenvalue weighted by Crippen LogP contribution is -2.28. The average Bonchev–Trinajstić information content (AvgIpc) is 2.37. The molecule has 2 nitrogen and oxygen atoms in total. The van der Waals surface area contributed by atoms with Crippen LogP contribution in [0, 0.1) is 5.41 Å². The van der Waals surface area contributed by atoms with Gasteiger partial charge in [-0.15, -0.1) is 0 Å². The van der Waals surface area contributed by atoms with E-state index in [-0.39, 0.29) is 17.0 Å². The van der Waals surface area contributed by atoms with Crippen molar-refractivity contribution in [2.45, 2.75) is 25.7 Å². The van der Waals surface area contributed by atoms with E-state index in [2.05, 4.69) is 6.08 Å². The molecule has 0 bridgehead atoms. The van der Waals surface area contributed by atoms with Gasteiger partial charge in [0.15, 0.2) is 5.76 Å². The molecule has 0 aromatic rings. The highest BCUT2D eigenvalue weighted by atomic mass is 16.3. The molecule has 1 spiro atoms. The van der Waals surface area contributed by atoms with Crippen molar-refractivity contribution < 1.29 is 9.90 Å². The summed E-state index contributed by atoms with van der Waals surface area (Å²) in [6.07, 6.45) is 9.19. The lowest BCUT2D eigenvalue weighted by Gasteiger charge is -2.27. The van der Waals surface area contributed by atoms with Crippen molar-refractivity contribution in [1.29, 1.82) is 0 Å². The van der Waals surface area contributed by atoms with Crippen LogP contribution in [0.5, 0.6) is 0 Å². The molecule has 1 atom stereocenters.